The van der Waals surface area contributed by atoms with E-state index in [-0.39, 0.29) is 5.92 Å². The molecule has 3 nitrogen and oxygen atoms in total. The summed E-state index contributed by atoms with van der Waals surface area (Å²) in [6, 6.07) is -0.449. The highest BCUT2D eigenvalue weighted by molar-refractivity contribution is 5.71. The van der Waals surface area contributed by atoms with Crippen molar-refractivity contribution in [2.24, 2.45) is 5.92 Å². The Bertz CT molecular complexity index is 103. The van der Waals surface area contributed by atoms with E-state index in [0.29, 0.717) is 0 Å². The maximum Gasteiger partial charge on any atom is 0.362 e. The average molecular weight is 132 g/mol. The van der Waals surface area contributed by atoms with Gasteiger partial charge in [-0.05, 0) is 6.42 Å². The first kappa shape index (κ1) is 8.43. The second kappa shape index (κ2) is 3.45. The normalized spacial score (nSPS) is 16.8. The fourth-order valence-electron chi connectivity index (χ4n) is 0.528. The Morgan fingerprint density at radius 3 is 2.33 bits per heavy atom. The van der Waals surface area contributed by atoms with Crippen LogP contribution in [-0.4, -0.2) is 17.1 Å². The molecule has 0 radical (unpaired) electrons. The minimum atomic E-state index is -0.802. The van der Waals surface area contributed by atoms with Crippen LogP contribution < -0.4 is 5.73 Å². The van der Waals surface area contributed by atoms with Crippen LogP contribution in [0.25, 0.3) is 0 Å². The van der Waals surface area contributed by atoms with Crippen molar-refractivity contribution in [3.8, 4) is 0 Å². The first-order valence-corrected chi connectivity index (χ1v) is 3.15. The third-order valence-corrected chi connectivity index (χ3v) is 1.65. The van der Waals surface area contributed by atoms with Crippen LogP contribution in [0.15, 0.2) is 0 Å². The van der Waals surface area contributed by atoms with Crippen molar-refractivity contribution < 1.29 is 15.6 Å². The fraction of sp³-hybridized carbons (Fsp3) is 0.833. The molecule has 0 saturated carbocycles. The predicted octanol–water partition coefficient (Wildman–Crippen LogP) is -0.272. The van der Waals surface area contributed by atoms with Crippen LogP contribution in [0.1, 0.15) is 20.3 Å². The van der Waals surface area contributed by atoms with Crippen LogP contribution in [0.5, 0.6) is 0 Å². The standard InChI is InChI=1S/C6H13NO2/c1-3-4(2)5(7)6(8)9/h4-5H,3,7H2,1-2H3,(H,8,9)/p+1/t4-,5-/m1/s1. The molecule has 0 rings (SSSR count). The zero-order valence-electron chi connectivity index (χ0n) is 5.92. The molecule has 0 fully saturated rings. The summed E-state index contributed by atoms with van der Waals surface area (Å²) < 4.78 is 0. The first-order valence-electron chi connectivity index (χ1n) is 3.15. The summed E-state index contributed by atoms with van der Waals surface area (Å²) in [6.45, 7) is 3.86. The van der Waals surface area contributed by atoms with E-state index in [0.717, 1.165) is 6.42 Å². The number of rotatable bonds is 3. The molecular weight excluding hydrogens is 118 g/mol. The van der Waals surface area contributed by atoms with Gasteiger partial charge < -0.3 is 10.8 Å². The van der Waals surface area contributed by atoms with Gasteiger partial charge in [0.2, 0.25) is 0 Å². The monoisotopic (exact) mass is 132 g/mol. The van der Waals surface area contributed by atoms with Gasteiger partial charge in [0.15, 0.2) is 6.04 Å². The zero-order valence-corrected chi connectivity index (χ0v) is 5.92. The minimum Gasteiger partial charge on any atom is -0.477 e. The van der Waals surface area contributed by atoms with E-state index in [1.165, 1.54) is 0 Å². The van der Waals surface area contributed by atoms with Gasteiger partial charge in [0.25, 0.3) is 0 Å². The van der Waals surface area contributed by atoms with E-state index in [2.05, 4.69) is 5.73 Å². The van der Waals surface area contributed by atoms with Crippen LogP contribution >= 0.6 is 0 Å². The summed E-state index contributed by atoms with van der Waals surface area (Å²) >= 11 is 0. The van der Waals surface area contributed by atoms with Gasteiger partial charge in [0.05, 0.1) is 0 Å². The van der Waals surface area contributed by atoms with Crippen LogP contribution in [0.2, 0.25) is 0 Å². The lowest BCUT2D eigenvalue weighted by atomic mass is 10.0. The van der Waals surface area contributed by atoms with Gasteiger partial charge in [-0.25, -0.2) is 4.79 Å². The molecule has 0 heterocycles. The van der Waals surface area contributed by atoms with Gasteiger partial charge in [0, 0.05) is 5.92 Å². The largest absolute Gasteiger partial charge is 0.477 e. The molecule has 54 valence electrons. The Morgan fingerprint density at radius 2 is 2.22 bits per heavy atom. The van der Waals surface area contributed by atoms with Gasteiger partial charge in [-0.15, -0.1) is 0 Å². The molecule has 0 aromatic carbocycles. The molecule has 0 aliphatic heterocycles. The van der Waals surface area contributed by atoms with E-state index < -0.39 is 12.0 Å². The molecule has 3 heteroatoms. The van der Waals surface area contributed by atoms with E-state index >= 15 is 0 Å². The molecule has 9 heavy (non-hydrogen) atoms. The molecule has 0 aromatic rings. The quantitative estimate of drug-likeness (QED) is 0.555. The third-order valence-electron chi connectivity index (χ3n) is 1.65. The van der Waals surface area contributed by atoms with Gasteiger partial charge in [-0.3, -0.25) is 0 Å². The van der Waals surface area contributed by atoms with Gasteiger partial charge in [0.1, 0.15) is 0 Å². The molecule has 0 aromatic heterocycles. The first-order chi connectivity index (χ1) is 4.09. The molecule has 0 bridgehead atoms. The van der Waals surface area contributed by atoms with Crippen LogP contribution in [-0.2, 0) is 4.79 Å². The van der Waals surface area contributed by atoms with Crippen LogP contribution in [0, 0.1) is 5.92 Å². The van der Waals surface area contributed by atoms with Gasteiger partial charge >= 0.3 is 5.97 Å². The molecule has 0 amide bonds. The van der Waals surface area contributed by atoms with Crippen molar-refractivity contribution in [2.45, 2.75) is 26.3 Å². The molecule has 2 atom stereocenters. The van der Waals surface area contributed by atoms with Gasteiger partial charge in [-0.1, -0.05) is 13.8 Å². The van der Waals surface area contributed by atoms with Crippen molar-refractivity contribution in [1.82, 2.24) is 0 Å². The second-order valence-electron chi connectivity index (χ2n) is 2.33. The smallest absolute Gasteiger partial charge is 0.362 e. The number of hydrogen-bond donors (Lipinski definition) is 2. The van der Waals surface area contributed by atoms with Gasteiger partial charge in [-0.2, -0.15) is 0 Å². The van der Waals surface area contributed by atoms with Crippen molar-refractivity contribution in [1.29, 1.82) is 0 Å². The summed E-state index contributed by atoms with van der Waals surface area (Å²) in [7, 11) is 0. The van der Waals surface area contributed by atoms with E-state index in [9.17, 15) is 4.79 Å². The highest BCUT2D eigenvalue weighted by atomic mass is 16.4. The highest BCUT2D eigenvalue weighted by Gasteiger charge is 2.21. The number of carboxylic acid groups (broad SMARTS) is 1. The lowest BCUT2D eigenvalue weighted by molar-refractivity contribution is -0.419. The van der Waals surface area contributed by atoms with E-state index in [1.807, 2.05) is 13.8 Å². The van der Waals surface area contributed by atoms with Crippen molar-refractivity contribution in [3.05, 3.63) is 0 Å². The maximum absolute atomic E-state index is 10.2. The molecule has 0 aliphatic carbocycles. The molecule has 4 N–H and O–H groups in total. The lowest BCUT2D eigenvalue weighted by Gasteiger charge is -2.08. The number of carbonyl (C=O) groups is 1. The second-order valence-corrected chi connectivity index (χ2v) is 2.33. The topological polar surface area (TPSA) is 64.9 Å². The van der Waals surface area contributed by atoms with Crippen LogP contribution in [0.4, 0.5) is 0 Å². The maximum atomic E-state index is 10.2. The Hall–Kier alpha value is -0.570. The van der Waals surface area contributed by atoms with Crippen molar-refractivity contribution >= 4 is 5.97 Å². The molecule has 0 saturated heterocycles. The number of quaternary nitrogens is 1. The van der Waals surface area contributed by atoms with E-state index in [4.69, 9.17) is 5.11 Å². The minimum absolute atomic E-state index is 0.183. The zero-order chi connectivity index (χ0) is 7.44. The van der Waals surface area contributed by atoms with Crippen molar-refractivity contribution in [2.75, 3.05) is 0 Å². The molecular formula is C6H14NO2+. The summed E-state index contributed by atoms with van der Waals surface area (Å²) in [6.07, 6.45) is 0.875. The summed E-state index contributed by atoms with van der Waals surface area (Å²) in [4.78, 5) is 10.2. The predicted molar refractivity (Wildman–Crippen MR) is 33.8 cm³/mol. The SMILES string of the molecule is CC[C@@H](C)[C@@H]([NH3+])C(=O)O. The Kier molecular flexibility index (Phi) is 3.24. The number of aliphatic carboxylic acids is 1. The van der Waals surface area contributed by atoms with E-state index in [1.54, 1.807) is 0 Å². The average Bonchev–Trinajstić information content (AvgIpc) is 1.84. The Morgan fingerprint density at radius 1 is 1.78 bits per heavy atom. The van der Waals surface area contributed by atoms with Crippen molar-refractivity contribution in [3.63, 3.8) is 0 Å². The lowest BCUT2D eigenvalue weighted by Crippen LogP contribution is -2.67. The summed E-state index contributed by atoms with van der Waals surface area (Å²) in [5.74, 6) is -0.619. The van der Waals surface area contributed by atoms with Crippen LogP contribution in [0.3, 0.4) is 0 Å². The Labute approximate surface area is 54.9 Å². The summed E-state index contributed by atoms with van der Waals surface area (Å²) in [5, 5.41) is 8.42. The number of carboxylic acids is 1. The third kappa shape index (κ3) is 2.46. The Balaban J connectivity index is 3.72. The molecule has 0 aliphatic rings. The highest BCUT2D eigenvalue weighted by Crippen LogP contribution is 2.02. The fourth-order valence-corrected chi connectivity index (χ4v) is 0.528. The molecule has 0 spiro atoms. The molecule has 0 unspecified atom stereocenters. The number of hydrogen-bond acceptors (Lipinski definition) is 1. The summed E-state index contributed by atoms with van der Waals surface area (Å²) in [5.41, 5.74) is 3.51.